The van der Waals surface area contributed by atoms with Gasteiger partial charge in [-0.15, -0.1) is 0 Å². The summed E-state index contributed by atoms with van der Waals surface area (Å²) in [5.41, 5.74) is 5.19. The lowest BCUT2D eigenvalue weighted by Gasteiger charge is -2.19. The monoisotopic (exact) mass is 326 g/mol. The third-order valence-electron chi connectivity index (χ3n) is 5.03. The van der Waals surface area contributed by atoms with E-state index >= 15 is 0 Å². The maximum atomic E-state index is 5.45. The van der Waals surface area contributed by atoms with Crippen molar-refractivity contribution in [1.29, 1.82) is 0 Å². The smallest absolute Gasteiger partial charge is 0.119 e. The molecule has 1 atom stereocenters. The standard InChI is InChI=1S/C19H22N2OS/c1-21-8-3-4-14(21)10-17-16-11-15(22-2)5-6-18(16)20-19(17)13-7-9-23-12-13/h5-7,9,11-12,14,20H,3-4,8,10H2,1-2H3/t14-/m1/s1. The van der Waals surface area contributed by atoms with Crippen LogP contribution in [0.25, 0.3) is 22.2 Å². The van der Waals surface area contributed by atoms with Crippen molar-refractivity contribution in [1.82, 2.24) is 9.88 Å². The van der Waals surface area contributed by atoms with Crippen LogP contribution in [0.3, 0.4) is 0 Å². The van der Waals surface area contributed by atoms with Crippen LogP contribution in [0.2, 0.25) is 0 Å². The molecule has 1 aliphatic heterocycles. The minimum Gasteiger partial charge on any atom is -0.497 e. The summed E-state index contributed by atoms with van der Waals surface area (Å²) in [7, 11) is 3.98. The van der Waals surface area contributed by atoms with Crippen LogP contribution >= 0.6 is 11.3 Å². The Morgan fingerprint density at radius 2 is 2.26 bits per heavy atom. The molecule has 0 amide bonds. The average Bonchev–Trinajstić information content (AvgIpc) is 3.29. The number of rotatable bonds is 4. The van der Waals surface area contributed by atoms with Crippen LogP contribution in [0, 0.1) is 0 Å². The summed E-state index contributed by atoms with van der Waals surface area (Å²) in [5.74, 6) is 0.925. The molecule has 2 aromatic heterocycles. The highest BCUT2D eigenvalue weighted by Crippen LogP contribution is 2.35. The second-order valence-electron chi connectivity index (χ2n) is 6.38. The molecule has 4 rings (SSSR count). The topological polar surface area (TPSA) is 28.3 Å². The number of hydrogen-bond donors (Lipinski definition) is 1. The summed E-state index contributed by atoms with van der Waals surface area (Å²) in [6, 6.07) is 9.17. The lowest BCUT2D eigenvalue weighted by Crippen LogP contribution is -2.26. The van der Waals surface area contributed by atoms with Crippen molar-refractivity contribution in [3.63, 3.8) is 0 Å². The van der Waals surface area contributed by atoms with Gasteiger partial charge in [0.15, 0.2) is 0 Å². The number of likely N-dealkylation sites (tertiary alicyclic amines) is 1. The third-order valence-corrected chi connectivity index (χ3v) is 5.72. The first-order chi connectivity index (χ1) is 11.3. The molecule has 1 saturated heterocycles. The molecule has 0 radical (unpaired) electrons. The molecule has 0 saturated carbocycles. The Hall–Kier alpha value is -1.78. The van der Waals surface area contributed by atoms with E-state index in [2.05, 4.69) is 45.9 Å². The highest BCUT2D eigenvalue weighted by atomic mass is 32.1. The average molecular weight is 326 g/mol. The van der Waals surface area contributed by atoms with Crippen molar-refractivity contribution in [2.24, 2.45) is 0 Å². The van der Waals surface area contributed by atoms with Crippen LogP contribution in [0.15, 0.2) is 35.0 Å². The van der Waals surface area contributed by atoms with E-state index in [9.17, 15) is 0 Å². The largest absolute Gasteiger partial charge is 0.497 e. The summed E-state index contributed by atoms with van der Waals surface area (Å²) in [5, 5.41) is 5.67. The van der Waals surface area contributed by atoms with Crippen molar-refractivity contribution >= 4 is 22.2 Å². The molecule has 3 nitrogen and oxygen atoms in total. The molecule has 1 N–H and O–H groups in total. The van der Waals surface area contributed by atoms with Crippen LogP contribution in [0.4, 0.5) is 0 Å². The number of ether oxygens (including phenoxy) is 1. The molecule has 3 heterocycles. The summed E-state index contributed by atoms with van der Waals surface area (Å²) in [6.07, 6.45) is 3.69. The van der Waals surface area contributed by atoms with Crippen molar-refractivity contribution in [3.05, 3.63) is 40.6 Å². The number of nitrogens with one attached hydrogen (secondary N) is 1. The van der Waals surface area contributed by atoms with Gasteiger partial charge >= 0.3 is 0 Å². The molecule has 0 bridgehead atoms. The summed E-state index contributed by atoms with van der Waals surface area (Å²) in [4.78, 5) is 6.14. The van der Waals surface area contributed by atoms with Gasteiger partial charge in [-0.25, -0.2) is 0 Å². The minimum absolute atomic E-state index is 0.637. The normalized spacial score (nSPS) is 18.8. The zero-order chi connectivity index (χ0) is 15.8. The van der Waals surface area contributed by atoms with Gasteiger partial charge in [-0.3, -0.25) is 0 Å². The zero-order valence-electron chi connectivity index (χ0n) is 13.6. The van der Waals surface area contributed by atoms with Crippen molar-refractivity contribution in [3.8, 4) is 17.0 Å². The van der Waals surface area contributed by atoms with Gasteiger partial charge in [-0.2, -0.15) is 11.3 Å². The minimum atomic E-state index is 0.637. The fraction of sp³-hybridized carbons (Fsp3) is 0.368. The Morgan fingerprint density at radius 3 is 2.96 bits per heavy atom. The van der Waals surface area contributed by atoms with Crippen LogP contribution in [0.5, 0.6) is 5.75 Å². The van der Waals surface area contributed by atoms with E-state index in [0.29, 0.717) is 6.04 Å². The van der Waals surface area contributed by atoms with E-state index in [1.165, 1.54) is 47.1 Å². The fourth-order valence-corrected chi connectivity index (χ4v) is 4.34. The number of benzene rings is 1. The second kappa shape index (κ2) is 6.02. The number of aromatic amines is 1. The highest BCUT2D eigenvalue weighted by molar-refractivity contribution is 7.08. The Bertz CT molecular complexity index is 806. The molecule has 0 unspecified atom stereocenters. The van der Waals surface area contributed by atoms with Gasteiger partial charge in [0.05, 0.1) is 12.8 Å². The molecule has 3 aromatic rings. The number of likely N-dealkylation sites (N-methyl/N-ethyl adjacent to an activating group) is 1. The van der Waals surface area contributed by atoms with Crippen molar-refractivity contribution in [2.75, 3.05) is 20.7 Å². The Kier molecular flexibility index (Phi) is 3.87. The first-order valence-electron chi connectivity index (χ1n) is 8.17. The molecule has 1 fully saturated rings. The molecule has 0 aliphatic carbocycles. The predicted molar refractivity (Wildman–Crippen MR) is 97.5 cm³/mol. The number of fused-ring (bicyclic) bond motifs is 1. The molecule has 1 aliphatic rings. The fourth-order valence-electron chi connectivity index (χ4n) is 3.69. The Labute approximate surface area is 140 Å². The van der Waals surface area contributed by atoms with Gasteiger partial charge in [0, 0.05) is 27.9 Å². The van der Waals surface area contributed by atoms with E-state index in [1.54, 1.807) is 18.4 Å². The predicted octanol–water partition coefficient (Wildman–Crippen LogP) is 4.54. The maximum Gasteiger partial charge on any atom is 0.119 e. The van der Waals surface area contributed by atoms with Gasteiger partial charge in [-0.05, 0) is 68.1 Å². The number of aromatic nitrogens is 1. The van der Waals surface area contributed by atoms with Crippen LogP contribution in [0.1, 0.15) is 18.4 Å². The van der Waals surface area contributed by atoms with Crippen LogP contribution in [-0.4, -0.2) is 36.6 Å². The van der Waals surface area contributed by atoms with Crippen molar-refractivity contribution in [2.45, 2.75) is 25.3 Å². The number of thiophene rings is 1. The SMILES string of the molecule is COc1ccc2[nH]c(-c3ccsc3)c(C[C@H]3CCCN3C)c2c1. The van der Waals surface area contributed by atoms with Gasteiger partial charge in [-0.1, -0.05) is 0 Å². The number of nitrogens with zero attached hydrogens (tertiary/aromatic N) is 1. The molecule has 4 heteroatoms. The van der Waals surface area contributed by atoms with Crippen molar-refractivity contribution < 1.29 is 4.74 Å². The van der Waals surface area contributed by atoms with Gasteiger partial charge in [0.1, 0.15) is 5.75 Å². The number of methoxy groups -OCH3 is 1. The zero-order valence-corrected chi connectivity index (χ0v) is 14.5. The third kappa shape index (κ3) is 2.66. The van der Waals surface area contributed by atoms with Crippen LogP contribution < -0.4 is 4.74 Å². The molecular formula is C19H22N2OS. The van der Waals surface area contributed by atoms with E-state index in [-0.39, 0.29) is 0 Å². The summed E-state index contributed by atoms with van der Waals surface area (Å²) < 4.78 is 5.45. The number of H-pyrrole nitrogens is 1. The molecule has 23 heavy (non-hydrogen) atoms. The summed E-state index contributed by atoms with van der Waals surface area (Å²) >= 11 is 1.75. The second-order valence-corrected chi connectivity index (χ2v) is 7.16. The lowest BCUT2D eigenvalue weighted by atomic mass is 9.98. The lowest BCUT2D eigenvalue weighted by molar-refractivity contribution is 0.310. The van der Waals surface area contributed by atoms with Crippen LogP contribution in [-0.2, 0) is 6.42 Å². The van der Waals surface area contributed by atoms with E-state index < -0.39 is 0 Å². The highest BCUT2D eigenvalue weighted by Gasteiger charge is 2.24. The van der Waals surface area contributed by atoms with Gasteiger partial charge in [0.25, 0.3) is 0 Å². The Balaban J connectivity index is 1.84. The van der Waals surface area contributed by atoms with Gasteiger partial charge < -0.3 is 14.6 Å². The Morgan fingerprint density at radius 1 is 1.35 bits per heavy atom. The van der Waals surface area contributed by atoms with E-state index in [4.69, 9.17) is 4.74 Å². The molecule has 1 aromatic carbocycles. The van der Waals surface area contributed by atoms with E-state index in [0.717, 1.165) is 12.2 Å². The molecule has 120 valence electrons. The first-order valence-corrected chi connectivity index (χ1v) is 9.12. The first kappa shape index (κ1) is 14.8. The summed E-state index contributed by atoms with van der Waals surface area (Å²) in [6.45, 7) is 1.21. The number of hydrogen-bond acceptors (Lipinski definition) is 3. The quantitative estimate of drug-likeness (QED) is 0.762. The molecular weight excluding hydrogens is 304 g/mol. The van der Waals surface area contributed by atoms with Gasteiger partial charge in [0.2, 0.25) is 0 Å². The van der Waals surface area contributed by atoms with E-state index in [1.807, 2.05) is 6.07 Å². The molecule has 0 spiro atoms. The maximum absolute atomic E-state index is 5.45.